The summed E-state index contributed by atoms with van der Waals surface area (Å²) in [7, 11) is 0. The summed E-state index contributed by atoms with van der Waals surface area (Å²) in [5.74, 6) is 0.479. The molecular weight excluding hydrogens is 482 g/mol. The molecule has 0 saturated carbocycles. The molecule has 37 heavy (non-hydrogen) atoms. The maximum Gasteiger partial charge on any atom is 0.261 e. The van der Waals surface area contributed by atoms with E-state index in [9.17, 15) is 14.7 Å². The van der Waals surface area contributed by atoms with Crippen LogP contribution in [0, 0.1) is 11.3 Å². The predicted molar refractivity (Wildman–Crippen MR) is 149 cm³/mol. The van der Waals surface area contributed by atoms with Gasteiger partial charge in [0, 0.05) is 30.0 Å². The summed E-state index contributed by atoms with van der Waals surface area (Å²) >= 11 is 1.43. The highest BCUT2D eigenvalue weighted by molar-refractivity contribution is 7.20. The van der Waals surface area contributed by atoms with Crippen molar-refractivity contribution in [1.82, 2.24) is 15.3 Å². The van der Waals surface area contributed by atoms with Gasteiger partial charge in [0.1, 0.15) is 4.83 Å². The van der Waals surface area contributed by atoms with Gasteiger partial charge in [0.05, 0.1) is 10.9 Å². The molecule has 1 aliphatic carbocycles. The first-order valence-electron chi connectivity index (χ1n) is 12.8. The van der Waals surface area contributed by atoms with E-state index in [0.717, 1.165) is 46.2 Å². The van der Waals surface area contributed by atoms with Crippen molar-refractivity contribution in [3.05, 3.63) is 86.8 Å². The lowest BCUT2D eigenvalue weighted by molar-refractivity contribution is 0.0934. The zero-order valence-corrected chi connectivity index (χ0v) is 22.3. The molecule has 5 rings (SSSR count). The van der Waals surface area contributed by atoms with Crippen molar-refractivity contribution in [3.63, 3.8) is 0 Å². The third-order valence-electron chi connectivity index (χ3n) is 7.48. The number of fused-ring (bicyclic) bond motifs is 2. The van der Waals surface area contributed by atoms with Crippen molar-refractivity contribution < 1.29 is 9.90 Å². The van der Waals surface area contributed by atoms with Crippen LogP contribution in [0.3, 0.4) is 0 Å². The van der Waals surface area contributed by atoms with Gasteiger partial charge in [0.2, 0.25) is 5.56 Å². The number of aliphatic hydroxyl groups is 1. The number of aliphatic hydroxyl groups excluding tert-OH is 1. The summed E-state index contributed by atoms with van der Waals surface area (Å²) in [5.41, 5.74) is 5.39. The van der Waals surface area contributed by atoms with Crippen LogP contribution in [0.15, 0.2) is 59.5 Å². The smallest absolute Gasteiger partial charge is 0.261 e. The monoisotopic (exact) mass is 515 g/mol. The molecule has 2 atom stereocenters. The van der Waals surface area contributed by atoms with Crippen LogP contribution >= 0.6 is 11.3 Å². The van der Waals surface area contributed by atoms with Gasteiger partial charge >= 0.3 is 0 Å². The van der Waals surface area contributed by atoms with Crippen LogP contribution in [0.4, 0.5) is 0 Å². The summed E-state index contributed by atoms with van der Waals surface area (Å²) < 4.78 is 0. The van der Waals surface area contributed by atoms with Crippen LogP contribution in [0.5, 0.6) is 0 Å². The maximum absolute atomic E-state index is 13.3. The average Bonchev–Trinajstić information content (AvgIpc) is 3.30. The lowest BCUT2D eigenvalue weighted by Gasteiger charge is -2.34. The molecule has 1 unspecified atom stereocenters. The van der Waals surface area contributed by atoms with Crippen LogP contribution in [0.2, 0.25) is 0 Å². The number of amides is 1. The van der Waals surface area contributed by atoms with E-state index in [0.29, 0.717) is 17.2 Å². The van der Waals surface area contributed by atoms with Crippen LogP contribution in [-0.4, -0.2) is 27.6 Å². The number of carbonyl (C=O) groups excluding carboxylic acids is 1. The third kappa shape index (κ3) is 5.53. The van der Waals surface area contributed by atoms with Crippen LogP contribution in [-0.2, 0) is 12.8 Å². The van der Waals surface area contributed by atoms with Gasteiger partial charge in [-0.25, -0.2) is 4.98 Å². The van der Waals surface area contributed by atoms with Gasteiger partial charge in [-0.1, -0.05) is 45.0 Å². The number of hydrogen-bond acceptors (Lipinski definition) is 5. The fraction of sp³-hybridized carbons (Fsp3) is 0.367. The zero-order chi connectivity index (χ0) is 26.2. The van der Waals surface area contributed by atoms with Crippen molar-refractivity contribution in [2.24, 2.45) is 11.3 Å². The normalized spacial score (nSPS) is 16.4. The average molecular weight is 516 g/mol. The van der Waals surface area contributed by atoms with Crippen molar-refractivity contribution >= 4 is 27.5 Å². The van der Waals surface area contributed by atoms with Gasteiger partial charge in [-0.3, -0.25) is 9.59 Å². The Balaban J connectivity index is 1.34. The van der Waals surface area contributed by atoms with Gasteiger partial charge in [-0.2, -0.15) is 0 Å². The molecule has 3 aromatic heterocycles. The number of nitrogens with zero attached hydrogens (tertiary/aromatic N) is 1. The number of aromatic amines is 1. The highest BCUT2D eigenvalue weighted by atomic mass is 32.1. The van der Waals surface area contributed by atoms with Crippen molar-refractivity contribution in [2.45, 2.75) is 52.5 Å². The van der Waals surface area contributed by atoms with Gasteiger partial charge in [0.25, 0.3) is 5.91 Å². The second-order valence-electron chi connectivity index (χ2n) is 11.0. The molecule has 0 aliphatic heterocycles. The minimum absolute atomic E-state index is 0.0394. The maximum atomic E-state index is 13.3. The largest absolute Gasteiger partial charge is 0.396 e. The Morgan fingerprint density at radius 1 is 1.16 bits per heavy atom. The van der Waals surface area contributed by atoms with E-state index >= 15 is 0 Å². The van der Waals surface area contributed by atoms with E-state index in [1.54, 1.807) is 12.3 Å². The second-order valence-corrected chi connectivity index (χ2v) is 12.0. The second kappa shape index (κ2) is 10.2. The first-order valence-corrected chi connectivity index (χ1v) is 13.7. The molecule has 3 heterocycles. The molecule has 0 spiro atoms. The predicted octanol–water partition coefficient (Wildman–Crippen LogP) is 5.66. The number of aryl methyl sites for hydroxylation is 1. The van der Waals surface area contributed by atoms with Crippen molar-refractivity contribution in [2.75, 3.05) is 6.61 Å². The van der Waals surface area contributed by atoms with E-state index in [2.05, 4.69) is 37.1 Å². The Labute approximate surface area is 220 Å². The molecule has 192 valence electrons. The van der Waals surface area contributed by atoms with Crippen LogP contribution in [0.25, 0.3) is 21.3 Å². The summed E-state index contributed by atoms with van der Waals surface area (Å²) in [5, 5.41) is 13.8. The number of rotatable bonds is 6. The highest BCUT2D eigenvalue weighted by Crippen LogP contribution is 2.38. The van der Waals surface area contributed by atoms with E-state index in [1.807, 2.05) is 30.3 Å². The summed E-state index contributed by atoms with van der Waals surface area (Å²) in [6.45, 7) is 6.88. The molecule has 4 aromatic rings. The lowest BCUT2D eigenvalue weighted by Crippen LogP contribution is -2.28. The molecule has 0 saturated heterocycles. The summed E-state index contributed by atoms with van der Waals surface area (Å²) in [4.78, 5) is 33.7. The molecule has 1 aliphatic rings. The van der Waals surface area contributed by atoms with Gasteiger partial charge in [-0.15, -0.1) is 11.3 Å². The van der Waals surface area contributed by atoms with E-state index in [4.69, 9.17) is 4.98 Å². The number of H-pyrrole nitrogens is 1. The topological polar surface area (TPSA) is 95.1 Å². The Kier molecular flexibility index (Phi) is 7.01. The minimum atomic E-state index is -0.318. The quantitative estimate of drug-likeness (QED) is 0.309. The summed E-state index contributed by atoms with van der Waals surface area (Å²) in [6.07, 6.45) is 5.26. The lowest BCUT2D eigenvalue weighted by atomic mass is 9.71. The zero-order valence-electron chi connectivity index (χ0n) is 21.5. The molecule has 1 aromatic carbocycles. The van der Waals surface area contributed by atoms with Gasteiger partial charge < -0.3 is 15.4 Å². The number of hydrogen-bond donors (Lipinski definition) is 3. The van der Waals surface area contributed by atoms with Crippen LogP contribution in [0.1, 0.15) is 66.1 Å². The number of nitrogens with one attached hydrogen (secondary N) is 2. The number of thiophene rings is 1. The first kappa shape index (κ1) is 25.4. The molecule has 0 fully saturated rings. The number of aromatic nitrogens is 2. The number of carbonyl (C=O) groups is 1. The molecule has 6 nitrogen and oxygen atoms in total. The van der Waals surface area contributed by atoms with Crippen LogP contribution < -0.4 is 10.9 Å². The van der Waals surface area contributed by atoms with E-state index in [-0.39, 0.29) is 29.5 Å². The van der Waals surface area contributed by atoms with Crippen molar-refractivity contribution in [1.29, 1.82) is 0 Å². The molecule has 0 bridgehead atoms. The van der Waals surface area contributed by atoms with E-state index in [1.165, 1.54) is 28.7 Å². The summed E-state index contributed by atoms with van der Waals surface area (Å²) in [6, 6.07) is 14.9. The fourth-order valence-corrected chi connectivity index (χ4v) is 6.09. The first-order chi connectivity index (χ1) is 17.7. The van der Waals surface area contributed by atoms with Gasteiger partial charge in [0.15, 0.2) is 0 Å². The Bertz CT molecular complexity index is 1460. The SMILES string of the molecule is CC(C)(C)C1CCc2nc3sc(C(=O)N[C@H](CCO)c4ccc(-c5ccc(=O)[nH]c5)cc4)cc3cc2C1. The fourth-order valence-electron chi connectivity index (χ4n) is 5.15. The Morgan fingerprint density at radius 3 is 2.59 bits per heavy atom. The highest BCUT2D eigenvalue weighted by Gasteiger charge is 2.30. The van der Waals surface area contributed by atoms with Gasteiger partial charge in [-0.05, 0) is 77.5 Å². The molecule has 7 heteroatoms. The standard InChI is InChI=1S/C30H33N3O3S/c1-30(2,3)23-9-10-24-21(15-23)14-22-16-26(37-29(22)33-24)28(36)32-25(12-13-34)19-6-4-18(5-7-19)20-8-11-27(35)31-17-20/h4-8,11,14,16-17,23,25,34H,9-10,12-13,15H2,1-3H3,(H,31,35)(H,32,36)/t23?,25-/m1/s1. The molecule has 3 N–H and O–H groups in total. The Hall–Kier alpha value is -3.29. The van der Waals surface area contributed by atoms with Crippen molar-refractivity contribution in [3.8, 4) is 11.1 Å². The minimum Gasteiger partial charge on any atom is -0.396 e. The Morgan fingerprint density at radius 2 is 1.92 bits per heavy atom. The molecular formula is C30H33N3O3S. The molecule has 1 amide bonds. The third-order valence-corrected chi connectivity index (χ3v) is 8.52. The molecule has 0 radical (unpaired) electrons. The van der Waals surface area contributed by atoms with E-state index < -0.39 is 0 Å². The number of benzene rings is 1. The number of pyridine rings is 2.